The lowest BCUT2D eigenvalue weighted by Crippen LogP contribution is -2.65. The number of piperidine rings is 1. The highest BCUT2D eigenvalue weighted by Gasteiger charge is 2.44. The molecule has 0 radical (unpaired) electrons. The number of rotatable bonds is 2. The second-order valence-corrected chi connectivity index (χ2v) is 8.49. The van der Waals surface area contributed by atoms with Gasteiger partial charge in [-0.25, -0.2) is 4.79 Å². The molecule has 2 fully saturated rings. The van der Waals surface area contributed by atoms with E-state index in [9.17, 15) is 9.59 Å². The molecule has 7 nitrogen and oxygen atoms in total. The van der Waals surface area contributed by atoms with Gasteiger partial charge < -0.3 is 15.5 Å². The molecule has 0 aromatic heterocycles. The second-order valence-electron chi connectivity index (χ2n) is 7.24. The summed E-state index contributed by atoms with van der Waals surface area (Å²) in [5.74, 6) is 0.192. The van der Waals surface area contributed by atoms with Gasteiger partial charge >= 0.3 is 6.03 Å². The molecule has 0 bridgehead atoms. The highest BCUT2D eigenvalue weighted by molar-refractivity contribution is 14.1. The van der Waals surface area contributed by atoms with Crippen LogP contribution in [0.4, 0.5) is 10.5 Å². The Kier molecular flexibility index (Phi) is 5.40. The maximum atomic E-state index is 12.6. The third-order valence-corrected chi connectivity index (χ3v) is 6.06. The number of hydrogen-bond acceptors (Lipinski definition) is 3. The van der Waals surface area contributed by atoms with Crippen molar-refractivity contribution < 1.29 is 9.59 Å². The minimum Gasteiger partial charge on any atom is -0.350 e. The van der Waals surface area contributed by atoms with Crippen molar-refractivity contribution >= 4 is 46.2 Å². The number of carbonyl (C=O) groups excluding carboxylic acids is 2. The average Bonchev–Trinajstić information content (AvgIpc) is 2.61. The summed E-state index contributed by atoms with van der Waals surface area (Å²) in [4.78, 5) is 28.0. The number of halogens is 1. The van der Waals surface area contributed by atoms with Crippen LogP contribution in [0.25, 0.3) is 0 Å². The molecule has 3 amide bonds. The molecule has 140 valence electrons. The largest absolute Gasteiger partial charge is 0.350 e. The van der Waals surface area contributed by atoms with Crippen LogP contribution >= 0.6 is 22.6 Å². The van der Waals surface area contributed by atoms with E-state index in [1.165, 1.54) is 4.90 Å². The van der Waals surface area contributed by atoms with Gasteiger partial charge in [0, 0.05) is 29.4 Å². The zero-order valence-electron chi connectivity index (χ0n) is 15.0. The standard InChI is InChI=1S/C18H24IN5O2/c1-18(10-15(25)23(2)16(20)22-18)12-4-3-9-24(11-12)17(26)21-14-7-5-13(19)6-8-14/h5-8,12H,3-4,9-11H2,1-2H3,(H2,20,22)(H,21,26)/t12?,18-/m0/s1. The number of guanidine groups is 1. The van der Waals surface area contributed by atoms with Crippen molar-refractivity contribution in [3.05, 3.63) is 27.8 Å². The Labute approximate surface area is 167 Å². The molecule has 2 heterocycles. The summed E-state index contributed by atoms with van der Waals surface area (Å²) in [5, 5.41) is 14.1. The van der Waals surface area contributed by atoms with Gasteiger partial charge in [0.1, 0.15) is 0 Å². The highest BCUT2D eigenvalue weighted by atomic mass is 127. The lowest BCUT2D eigenvalue weighted by atomic mass is 9.76. The molecule has 1 aromatic carbocycles. The van der Waals surface area contributed by atoms with E-state index in [1.807, 2.05) is 36.1 Å². The van der Waals surface area contributed by atoms with Crippen LogP contribution < -0.4 is 10.6 Å². The Balaban J connectivity index is 1.67. The SMILES string of the molecule is CN1C(=N)N[C@](C)(C2CCCN(C(=O)Nc3ccc(I)cc3)C2)CC1=O. The smallest absolute Gasteiger partial charge is 0.321 e. The Hall–Kier alpha value is -1.84. The molecule has 1 aromatic rings. The third-order valence-electron chi connectivity index (χ3n) is 5.34. The molecule has 2 aliphatic heterocycles. The Morgan fingerprint density at radius 1 is 1.38 bits per heavy atom. The number of nitrogens with one attached hydrogen (secondary N) is 3. The fourth-order valence-electron chi connectivity index (χ4n) is 3.62. The zero-order valence-corrected chi connectivity index (χ0v) is 17.2. The average molecular weight is 469 g/mol. The highest BCUT2D eigenvalue weighted by Crippen LogP contribution is 2.32. The lowest BCUT2D eigenvalue weighted by Gasteiger charge is -2.47. The summed E-state index contributed by atoms with van der Waals surface area (Å²) in [5.41, 5.74) is 0.279. The summed E-state index contributed by atoms with van der Waals surface area (Å²) in [6.45, 7) is 3.26. The molecule has 0 spiro atoms. The van der Waals surface area contributed by atoms with E-state index in [0.29, 0.717) is 19.5 Å². The first-order valence-electron chi connectivity index (χ1n) is 8.73. The van der Waals surface area contributed by atoms with Crippen molar-refractivity contribution in [3.63, 3.8) is 0 Å². The number of hydrogen-bond donors (Lipinski definition) is 3. The molecule has 0 saturated carbocycles. The maximum Gasteiger partial charge on any atom is 0.321 e. The van der Waals surface area contributed by atoms with Crippen molar-refractivity contribution in [2.24, 2.45) is 5.92 Å². The molecule has 3 rings (SSSR count). The zero-order chi connectivity index (χ0) is 18.9. The first kappa shape index (κ1) is 18.9. The van der Waals surface area contributed by atoms with Gasteiger partial charge in [0.25, 0.3) is 0 Å². The van der Waals surface area contributed by atoms with Crippen LogP contribution in [0.5, 0.6) is 0 Å². The van der Waals surface area contributed by atoms with E-state index in [1.54, 1.807) is 7.05 Å². The topological polar surface area (TPSA) is 88.5 Å². The van der Waals surface area contributed by atoms with Gasteiger partial charge in [-0.3, -0.25) is 15.1 Å². The quantitative estimate of drug-likeness (QED) is 0.583. The second kappa shape index (κ2) is 7.42. The van der Waals surface area contributed by atoms with Gasteiger partial charge in [0.05, 0.1) is 12.0 Å². The van der Waals surface area contributed by atoms with E-state index in [2.05, 4.69) is 33.2 Å². The molecule has 3 N–H and O–H groups in total. The summed E-state index contributed by atoms with van der Waals surface area (Å²) >= 11 is 2.23. The van der Waals surface area contributed by atoms with E-state index < -0.39 is 5.54 Å². The van der Waals surface area contributed by atoms with E-state index in [4.69, 9.17) is 5.41 Å². The van der Waals surface area contributed by atoms with E-state index in [0.717, 1.165) is 22.1 Å². The van der Waals surface area contributed by atoms with Gasteiger partial charge in [-0.1, -0.05) is 0 Å². The number of likely N-dealkylation sites (tertiary alicyclic amines) is 1. The molecule has 1 unspecified atom stereocenters. The summed E-state index contributed by atoms with van der Waals surface area (Å²) in [6.07, 6.45) is 2.16. The van der Waals surface area contributed by atoms with Gasteiger partial charge in [-0.15, -0.1) is 0 Å². The normalized spacial score (nSPS) is 26.5. The van der Waals surface area contributed by atoms with Gasteiger partial charge in [0.15, 0.2) is 5.96 Å². The number of amides is 3. The molecule has 0 aliphatic carbocycles. The van der Waals surface area contributed by atoms with E-state index in [-0.39, 0.29) is 23.8 Å². The van der Waals surface area contributed by atoms with Gasteiger partial charge in [-0.2, -0.15) is 0 Å². The molecular formula is C18H24IN5O2. The van der Waals surface area contributed by atoms with Crippen LogP contribution in [0, 0.1) is 14.9 Å². The van der Waals surface area contributed by atoms with Crippen molar-refractivity contribution in [1.29, 1.82) is 5.41 Å². The lowest BCUT2D eigenvalue weighted by molar-refractivity contribution is -0.130. The Morgan fingerprint density at radius 2 is 2.08 bits per heavy atom. The fourth-order valence-corrected chi connectivity index (χ4v) is 3.98. The third kappa shape index (κ3) is 3.94. The summed E-state index contributed by atoms with van der Waals surface area (Å²) in [6, 6.07) is 7.57. The maximum absolute atomic E-state index is 12.6. The van der Waals surface area contributed by atoms with Crippen LogP contribution in [0.15, 0.2) is 24.3 Å². The van der Waals surface area contributed by atoms with Gasteiger partial charge in [-0.05, 0) is 72.5 Å². The number of carbonyl (C=O) groups is 2. The molecule has 2 aliphatic rings. The minimum absolute atomic E-state index is 0.0586. The van der Waals surface area contributed by atoms with Crippen LogP contribution in [-0.4, -0.2) is 53.4 Å². The number of urea groups is 1. The first-order valence-corrected chi connectivity index (χ1v) is 9.81. The summed E-state index contributed by atoms with van der Waals surface area (Å²) < 4.78 is 1.12. The number of benzene rings is 1. The van der Waals surface area contributed by atoms with Crippen LogP contribution in [0.1, 0.15) is 26.2 Å². The van der Waals surface area contributed by atoms with Crippen molar-refractivity contribution in [1.82, 2.24) is 15.1 Å². The van der Waals surface area contributed by atoms with Gasteiger partial charge in [0.2, 0.25) is 5.91 Å². The number of nitrogens with zero attached hydrogens (tertiary/aromatic N) is 2. The molecule has 2 saturated heterocycles. The first-order chi connectivity index (χ1) is 12.3. The minimum atomic E-state index is -0.498. The van der Waals surface area contributed by atoms with Crippen LogP contribution in [-0.2, 0) is 4.79 Å². The molecule has 8 heteroatoms. The van der Waals surface area contributed by atoms with Crippen molar-refractivity contribution in [3.8, 4) is 0 Å². The molecular weight excluding hydrogens is 445 g/mol. The Morgan fingerprint density at radius 3 is 2.73 bits per heavy atom. The predicted molar refractivity (Wildman–Crippen MR) is 109 cm³/mol. The summed E-state index contributed by atoms with van der Waals surface area (Å²) in [7, 11) is 1.61. The molecule has 26 heavy (non-hydrogen) atoms. The fraction of sp³-hybridized carbons (Fsp3) is 0.500. The van der Waals surface area contributed by atoms with E-state index >= 15 is 0 Å². The van der Waals surface area contributed by atoms with Crippen molar-refractivity contribution in [2.45, 2.75) is 31.7 Å². The van der Waals surface area contributed by atoms with Crippen LogP contribution in [0.3, 0.4) is 0 Å². The Bertz CT molecular complexity index is 703. The number of anilines is 1. The van der Waals surface area contributed by atoms with Crippen LogP contribution in [0.2, 0.25) is 0 Å². The predicted octanol–water partition coefficient (Wildman–Crippen LogP) is 2.68. The van der Waals surface area contributed by atoms with Crippen molar-refractivity contribution in [2.75, 3.05) is 25.5 Å². The molecule has 2 atom stereocenters. The monoisotopic (exact) mass is 469 g/mol.